The number of piperazine rings is 1. The molecule has 17 heteroatoms. The Hall–Kier alpha value is -5.21. The number of aryl methyl sites for hydroxylation is 2. The molecule has 3 aliphatic heterocycles. The number of carbonyl (C=O) groups excluding carboxylic acids is 3. The molecule has 68 heavy (non-hydrogen) atoms. The van der Waals surface area contributed by atoms with E-state index < -0.39 is 13.2 Å². The standard InChI is InChI=1S/C51H71ClN9O6P/c1-9-37-29-44(56-34-55-31-42(52)50(54-5)57-43-17-15-35(2)36(3)49(43)68(7,8)65)47(66-6)30-45(37)60-22-19-38(20-23-60)59-26-24-58(25-27-59)21-10-11-28-67-46-14-12-13-40-41(46)32-61(51(40)64)39(33-62)16-18-48(63)53-4/h12-15,17,29-31,33,38-39,56-57H,5,9-11,16,18-28,32,34H2,1-4,6-8H3,(H,53,63)/b50-42-,55-31?. The predicted octanol–water partition coefficient (Wildman–Crippen LogP) is 7.28. The maximum atomic E-state index is 13.2. The van der Waals surface area contributed by atoms with Crippen molar-refractivity contribution in [2.24, 2.45) is 9.98 Å². The molecule has 368 valence electrons. The molecule has 3 N–H and O–H groups in total. The van der Waals surface area contributed by atoms with Crippen LogP contribution in [-0.2, 0) is 27.1 Å². The number of piperidine rings is 1. The van der Waals surface area contributed by atoms with Crippen LogP contribution in [0.5, 0.6) is 11.5 Å². The number of aldehydes is 1. The fourth-order valence-corrected chi connectivity index (χ4v) is 11.5. The number of amides is 2. The van der Waals surface area contributed by atoms with Crippen molar-refractivity contribution in [3.63, 3.8) is 0 Å². The van der Waals surface area contributed by atoms with Crippen molar-refractivity contribution in [1.82, 2.24) is 20.0 Å². The van der Waals surface area contributed by atoms with E-state index in [1.54, 1.807) is 44.7 Å². The van der Waals surface area contributed by atoms with Crippen LogP contribution in [0.15, 0.2) is 63.3 Å². The van der Waals surface area contributed by atoms with Gasteiger partial charge in [-0.3, -0.25) is 19.5 Å². The molecule has 1 unspecified atom stereocenters. The van der Waals surface area contributed by atoms with Crippen molar-refractivity contribution >= 4 is 72.1 Å². The number of benzene rings is 3. The van der Waals surface area contributed by atoms with Gasteiger partial charge in [0.2, 0.25) is 5.91 Å². The number of anilines is 3. The van der Waals surface area contributed by atoms with Crippen molar-refractivity contribution in [3.05, 3.63) is 81.1 Å². The number of rotatable bonds is 23. The highest BCUT2D eigenvalue weighted by molar-refractivity contribution is 7.70. The van der Waals surface area contributed by atoms with E-state index in [4.69, 9.17) is 21.1 Å². The molecule has 0 aliphatic carbocycles. The first kappa shape index (κ1) is 52.2. The number of fused-ring (bicyclic) bond motifs is 1. The van der Waals surface area contributed by atoms with E-state index in [2.05, 4.69) is 66.4 Å². The Balaban J connectivity index is 0.931. The Kier molecular flexibility index (Phi) is 18.7. The molecule has 3 aromatic carbocycles. The lowest BCUT2D eigenvalue weighted by molar-refractivity contribution is -0.121. The van der Waals surface area contributed by atoms with E-state index in [-0.39, 0.29) is 36.4 Å². The number of methoxy groups -OCH3 is 1. The second-order valence-corrected chi connectivity index (χ2v) is 21.8. The van der Waals surface area contributed by atoms with Crippen LogP contribution < -0.4 is 35.6 Å². The largest absolute Gasteiger partial charge is 0.495 e. The first-order valence-corrected chi connectivity index (χ1v) is 26.9. The zero-order chi connectivity index (χ0) is 49.0. The third-order valence-corrected chi connectivity index (χ3v) is 15.5. The van der Waals surface area contributed by atoms with E-state index in [9.17, 15) is 18.9 Å². The average Bonchev–Trinajstić information content (AvgIpc) is 3.68. The third-order valence-electron chi connectivity index (χ3n) is 13.5. The number of carbonyl (C=O) groups is 3. The van der Waals surface area contributed by atoms with Gasteiger partial charge in [-0.2, -0.15) is 0 Å². The SMILES string of the molecule is C=N/C(Nc1ccc(C)c(C)c1P(C)(C)=O)=C(/Cl)C=NCNc1cc(CC)c(N2CCC(N3CCN(CCCCOc4cccc5c4CN(C(C=O)CCC(=O)NC)C5=O)CC3)CC2)cc1OC. The van der Waals surface area contributed by atoms with E-state index in [1.807, 2.05) is 38.1 Å². The highest BCUT2D eigenvalue weighted by Crippen LogP contribution is 2.41. The van der Waals surface area contributed by atoms with Crippen molar-refractivity contribution in [1.29, 1.82) is 0 Å². The van der Waals surface area contributed by atoms with Gasteiger partial charge in [0, 0.05) is 93.2 Å². The second kappa shape index (κ2) is 24.4. The minimum absolute atomic E-state index is 0.158. The van der Waals surface area contributed by atoms with Gasteiger partial charge in [0.25, 0.3) is 5.91 Å². The summed E-state index contributed by atoms with van der Waals surface area (Å²) in [5.41, 5.74) is 7.42. The van der Waals surface area contributed by atoms with Gasteiger partial charge in [0.1, 0.15) is 42.4 Å². The first-order chi connectivity index (χ1) is 32.7. The summed E-state index contributed by atoms with van der Waals surface area (Å²) < 4.78 is 25.3. The van der Waals surface area contributed by atoms with Crippen LogP contribution in [0.4, 0.5) is 17.1 Å². The van der Waals surface area contributed by atoms with E-state index in [1.165, 1.54) is 11.3 Å². The van der Waals surface area contributed by atoms with E-state index >= 15 is 0 Å². The maximum absolute atomic E-state index is 13.2. The molecule has 6 rings (SSSR count). The molecule has 1 atom stereocenters. The van der Waals surface area contributed by atoms with Crippen molar-refractivity contribution in [3.8, 4) is 11.5 Å². The summed E-state index contributed by atoms with van der Waals surface area (Å²) in [7, 11) is 0.648. The van der Waals surface area contributed by atoms with Crippen LogP contribution in [0.25, 0.3) is 0 Å². The number of halogens is 1. The Labute approximate surface area is 408 Å². The number of allylic oxidation sites excluding steroid dienone is 1. The number of nitrogens with zero attached hydrogens (tertiary/aromatic N) is 6. The topological polar surface area (TPSA) is 161 Å². The molecule has 0 spiro atoms. The van der Waals surface area contributed by atoms with Crippen LogP contribution >= 0.6 is 18.7 Å². The highest BCUT2D eigenvalue weighted by Gasteiger charge is 2.35. The molecular weight excluding hydrogens is 901 g/mol. The highest BCUT2D eigenvalue weighted by atomic mass is 35.5. The summed E-state index contributed by atoms with van der Waals surface area (Å²) in [6, 6.07) is 13.6. The third kappa shape index (κ3) is 12.9. The molecule has 3 aliphatic rings. The minimum atomic E-state index is -2.61. The van der Waals surface area contributed by atoms with Gasteiger partial charge in [0.05, 0.1) is 37.7 Å². The molecule has 0 radical (unpaired) electrons. The molecule has 2 saturated heterocycles. The lowest BCUT2D eigenvalue weighted by Gasteiger charge is -2.43. The van der Waals surface area contributed by atoms with E-state index in [0.29, 0.717) is 42.0 Å². The van der Waals surface area contributed by atoms with Gasteiger partial charge in [0.15, 0.2) is 0 Å². The fourth-order valence-electron chi connectivity index (χ4n) is 9.59. The Bertz CT molecular complexity index is 2390. The molecule has 0 saturated carbocycles. The summed E-state index contributed by atoms with van der Waals surface area (Å²) in [4.78, 5) is 54.8. The molecule has 15 nitrogen and oxygen atoms in total. The molecule has 0 bridgehead atoms. The normalized spacial score (nSPS) is 16.9. The van der Waals surface area contributed by atoms with Gasteiger partial charge >= 0.3 is 0 Å². The maximum Gasteiger partial charge on any atom is 0.255 e. The molecule has 3 aromatic rings. The predicted molar refractivity (Wildman–Crippen MR) is 278 cm³/mol. The number of ether oxygens (including phenoxy) is 2. The molecule has 2 amide bonds. The summed E-state index contributed by atoms with van der Waals surface area (Å²) in [5, 5.41) is 10.3. The summed E-state index contributed by atoms with van der Waals surface area (Å²) in [6.07, 6.45) is 7.79. The van der Waals surface area contributed by atoms with Gasteiger partial charge in [-0.1, -0.05) is 30.7 Å². The van der Waals surface area contributed by atoms with Gasteiger partial charge in [-0.15, -0.1) is 0 Å². The van der Waals surface area contributed by atoms with Crippen LogP contribution in [0.3, 0.4) is 0 Å². The van der Waals surface area contributed by atoms with Crippen molar-refractivity contribution < 1.29 is 28.4 Å². The van der Waals surface area contributed by atoms with Gasteiger partial charge < -0.3 is 49.5 Å². The minimum Gasteiger partial charge on any atom is -0.495 e. The number of hydrogen-bond donors (Lipinski definition) is 3. The zero-order valence-corrected chi connectivity index (χ0v) is 42.7. The number of hydrogen-bond acceptors (Lipinski definition) is 13. The monoisotopic (exact) mass is 971 g/mol. The van der Waals surface area contributed by atoms with Crippen molar-refractivity contribution in [2.75, 3.05) is 102 Å². The Morgan fingerprint density at radius 2 is 1.78 bits per heavy atom. The van der Waals surface area contributed by atoms with Crippen LogP contribution in [0.2, 0.25) is 0 Å². The summed E-state index contributed by atoms with van der Waals surface area (Å²) in [5.74, 6) is 1.42. The quantitative estimate of drug-likeness (QED) is 0.0380. The lowest BCUT2D eigenvalue weighted by Crippen LogP contribution is -2.53. The fraction of sp³-hybridized carbons (Fsp3) is 0.510. The second-order valence-electron chi connectivity index (χ2n) is 18.2. The Morgan fingerprint density at radius 1 is 1.03 bits per heavy atom. The van der Waals surface area contributed by atoms with Crippen LogP contribution in [-0.4, -0.2) is 144 Å². The summed E-state index contributed by atoms with van der Waals surface area (Å²) >= 11 is 6.66. The molecule has 2 fully saturated rings. The summed E-state index contributed by atoms with van der Waals surface area (Å²) in [6.45, 7) is 21.7. The van der Waals surface area contributed by atoms with E-state index in [0.717, 1.165) is 118 Å². The van der Waals surface area contributed by atoms with Crippen molar-refractivity contribution in [2.45, 2.75) is 84.3 Å². The molecule has 3 heterocycles. The Morgan fingerprint density at radius 3 is 2.44 bits per heavy atom. The lowest BCUT2D eigenvalue weighted by atomic mass is 9.99. The molecule has 0 aromatic heterocycles. The van der Waals surface area contributed by atoms with Crippen LogP contribution in [0.1, 0.15) is 78.1 Å². The number of unbranched alkanes of at least 4 members (excludes halogenated alkanes) is 1. The van der Waals surface area contributed by atoms with Gasteiger partial charge in [-0.05, 0) is 120 Å². The smallest absolute Gasteiger partial charge is 0.255 e. The average molecular weight is 973 g/mol. The first-order valence-electron chi connectivity index (χ1n) is 23.9. The zero-order valence-electron chi connectivity index (χ0n) is 41.0. The number of nitrogens with one attached hydrogen (secondary N) is 3. The number of aliphatic imine (C=N–C) groups is 2. The van der Waals surface area contributed by atoms with Crippen LogP contribution in [0, 0.1) is 13.8 Å². The van der Waals surface area contributed by atoms with Gasteiger partial charge in [-0.25, -0.2) is 4.99 Å². The molecular formula is C51H71ClN9O6P.